The third kappa shape index (κ3) is 3.85. The Kier molecular flexibility index (Phi) is 5.01. The molecule has 1 aliphatic heterocycles. The van der Waals surface area contributed by atoms with Crippen molar-refractivity contribution in [1.29, 1.82) is 0 Å². The van der Waals surface area contributed by atoms with Crippen LogP contribution in [0.4, 0.5) is 0 Å². The van der Waals surface area contributed by atoms with Gasteiger partial charge in [-0.15, -0.1) is 0 Å². The number of para-hydroxylation sites is 1. The maximum absolute atomic E-state index is 12.1. The monoisotopic (exact) mass is 259 g/mol. The molecule has 0 aliphatic carbocycles. The lowest BCUT2D eigenvalue weighted by Gasteiger charge is -2.18. The summed E-state index contributed by atoms with van der Waals surface area (Å²) in [5.74, 6) is 0.898. The second-order valence-corrected chi connectivity index (χ2v) is 4.81. The smallest absolute Gasteiger partial charge is 0.246 e. The van der Waals surface area contributed by atoms with E-state index in [1.165, 1.54) is 12.8 Å². The SMILES string of the molecule is COc1ccccc1/C=C\C(=O)N1CCCCCC1. The van der Waals surface area contributed by atoms with Gasteiger partial charge in [-0.3, -0.25) is 4.79 Å². The van der Waals surface area contributed by atoms with E-state index >= 15 is 0 Å². The Labute approximate surface area is 114 Å². The summed E-state index contributed by atoms with van der Waals surface area (Å²) in [5, 5.41) is 0. The van der Waals surface area contributed by atoms with Crippen molar-refractivity contribution in [2.24, 2.45) is 0 Å². The van der Waals surface area contributed by atoms with E-state index in [0.717, 1.165) is 37.2 Å². The molecule has 1 aromatic rings. The molecule has 0 N–H and O–H groups in total. The number of nitrogens with zero attached hydrogens (tertiary/aromatic N) is 1. The summed E-state index contributed by atoms with van der Waals surface area (Å²) < 4.78 is 5.27. The van der Waals surface area contributed by atoms with E-state index in [4.69, 9.17) is 4.74 Å². The largest absolute Gasteiger partial charge is 0.496 e. The molecule has 0 spiro atoms. The van der Waals surface area contributed by atoms with Gasteiger partial charge in [-0.1, -0.05) is 31.0 Å². The number of hydrogen-bond acceptors (Lipinski definition) is 2. The number of likely N-dealkylation sites (tertiary alicyclic amines) is 1. The summed E-state index contributed by atoms with van der Waals surface area (Å²) in [4.78, 5) is 14.1. The Morgan fingerprint density at radius 3 is 2.53 bits per heavy atom. The zero-order chi connectivity index (χ0) is 13.5. The number of amides is 1. The average molecular weight is 259 g/mol. The summed E-state index contributed by atoms with van der Waals surface area (Å²) in [6.07, 6.45) is 8.21. The van der Waals surface area contributed by atoms with E-state index in [1.54, 1.807) is 13.2 Å². The lowest BCUT2D eigenvalue weighted by atomic mass is 10.2. The van der Waals surface area contributed by atoms with Crippen molar-refractivity contribution in [3.8, 4) is 5.75 Å². The van der Waals surface area contributed by atoms with Crippen LogP contribution in [0.2, 0.25) is 0 Å². The Morgan fingerprint density at radius 2 is 1.84 bits per heavy atom. The van der Waals surface area contributed by atoms with Gasteiger partial charge in [0, 0.05) is 24.7 Å². The van der Waals surface area contributed by atoms with E-state index < -0.39 is 0 Å². The number of rotatable bonds is 3. The minimum Gasteiger partial charge on any atom is -0.496 e. The molecule has 2 rings (SSSR count). The fourth-order valence-corrected chi connectivity index (χ4v) is 2.36. The molecule has 0 atom stereocenters. The van der Waals surface area contributed by atoms with Crippen LogP contribution in [0, 0.1) is 0 Å². The van der Waals surface area contributed by atoms with Crippen molar-refractivity contribution in [2.75, 3.05) is 20.2 Å². The van der Waals surface area contributed by atoms with Gasteiger partial charge < -0.3 is 9.64 Å². The summed E-state index contributed by atoms with van der Waals surface area (Å²) in [5.41, 5.74) is 0.938. The third-order valence-corrected chi connectivity index (χ3v) is 3.46. The van der Waals surface area contributed by atoms with Gasteiger partial charge in [-0.25, -0.2) is 0 Å². The van der Waals surface area contributed by atoms with E-state index in [0.29, 0.717) is 0 Å². The average Bonchev–Trinajstić information content (AvgIpc) is 2.74. The fraction of sp³-hybridized carbons (Fsp3) is 0.438. The molecular weight excluding hydrogens is 238 g/mol. The van der Waals surface area contributed by atoms with Crippen LogP contribution in [0.5, 0.6) is 5.75 Å². The molecule has 0 unspecified atom stereocenters. The van der Waals surface area contributed by atoms with Gasteiger partial charge in [0.05, 0.1) is 7.11 Å². The molecule has 102 valence electrons. The predicted octanol–water partition coefficient (Wildman–Crippen LogP) is 3.11. The van der Waals surface area contributed by atoms with Crippen LogP contribution in [0.15, 0.2) is 30.3 Å². The van der Waals surface area contributed by atoms with Gasteiger partial charge in [0.1, 0.15) is 5.75 Å². The molecule has 19 heavy (non-hydrogen) atoms. The first-order valence-corrected chi connectivity index (χ1v) is 6.91. The van der Waals surface area contributed by atoms with Crippen molar-refractivity contribution in [3.63, 3.8) is 0 Å². The molecule has 0 bridgehead atoms. The number of methoxy groups -OCH3 is 1. The Balaban J connectivity index is 2.02. The molecule has 1 saturated heterocycles. The maximum atomic E-state index is 12.1. The van der Waals surface area contributed by atoms with Crippen LogP contribution >= 0.6 is 0 Å². The molecule has 0 aromatic heterocycles. The lowest BCUT2D eigenvalue weighted by molar-refractivity contribution is -0.125. The van der Waals surface area contributed by atoms with Crippen LogP contribution in [-0.2, 0) is 4.79 Å². The molecule has 3 heteroatoms. The Hall–Kier alpha value is -1.77. The Bertz CT molecular complexity index is 446. The lowest BCUT2D eigenvalue weighted by Crippen LogP contribution is -2.30. The summed E-state index contributed by atoms with van der Waals surface area (Å²) >= 11 is 0. The van der Waals surface area contributed by atoms with Crippen molar-refractivity contribution < 1.29 is 9.53 Å². The van der Waals surface area contributed by atoms with Crippen LogP contribution in [-0.4, -0.2) is 31.0 Å². The first kappa shape index (κ1) is 13.7. The van der Waals surface area contributed by atoms with Crippen LogP contribution in [0.25, 0.3) is 6.08 Å². The number of hydrogen-bond donors (Lipinski definition) is 0. The van der Waals surface area contributed by atoms with Crippen molar-refractivity contribution in [2.45, 2.75) is 25.7 Å². The van der Waals surface area contributed by atoms with Gasteiger partial charge in [0.2, 0.25) is 5.91 Å². The highest BCUT2D eigenvalue weighted by Crippen LogP contribution is 2.19. The van der Waals surface area contributed by atoms with Gasteiger partial charge in [0.25, 0.3) is 0 Å². The number of ether oxygens (including phenoxy) is 1. The highest BCUT2D eigenvalue weighted by Gasteiger charge is 2.12. The zero-order valence-electron chi connectivity index (χ0n) is 11.5. The van der Waals surface area contributed by atoms with Crippen LogP contribution in [0.1, 0.15) is 31.2 Å². The second kappa shape index (κ2) is 6.98. The first-order chi connectivity index (χ1) is 9.31. The molecule has 1 aliphatic rings. The third-order valence-electron chi connectivity index (χ3n) is 3.46. The van der Waals surface area contributed by atoms with Crippen molar-refractivity contribution in [1.82, 2.24) is 4.90 Å². The molecule has 0 saturated carbocycles. The highest BCUT2D eigenvalue weighted by molar-refractivity contribution is 5.92. The summed E-state index contributed by atoms with van der Waals surface area (Å²) in [6.45, 7) is 1.77. The molecule has 1 amide bonds. The standard InChI is InChI=1S/C16H21NO2/c1-19-15-9-5-4-8-14(15)10-11-16(18)17-12-6-2-3-7-13-17/h4-5,8-11H,2-3,6-7,12-13H2,1H3/b11-10-. The quantitative estimate of drug-likeness (QED) is 0.781. The highest BCUT2D eigenvalue weighted by atomic mass is 16.5. The Morgan fingerprint density at radius 1 is 1.16 bits per heavy atom. The topological polar surface area (TPSA) is 29.5 Å². The number of carbonyl (C=O) groups excluding carboxylic acids is 1. The normalized spacial score (nSPS) is 16.4. The minimum atomic E-state index is 0.104. The maximum Gasteiger partial charge on any atom is 0.246 e. The molecule has 1 fully saturated rings. The van der Waals surface area contributed by atoms with E-state index in [-0.39, 0.29) is 5.91 Å². The molecular formula is C16H21NO2. The molecule has 0 radical (unpaired) electrons. The molecule has 1 aromatic carbocycles. The predicted molar refractivity (Wildman–Crippen MR) is 77.1 cm³/mol. The van der Waals surface area contributed by atoms with Gasteiger partial charge >= 0.3 is 0 Å². The summed E-state index contributed by atoms with van der Waals surface area (Å²) in [7, 11) is 1.64. The van der Waals surface area contributed by atoms with E-state index in [9.17, 15) is 4.79 Å². The second-order valence-electron chi connectivity index (χ2n) is 4.81. The number of carbonyl (C=O) groups is 1. The van der Waals surface area contributed by atoms with Crippen molar-refractivity contribution in [3.05, 3.63) is 35.9 Å². The van der Waals surface area contributed by atoms with Gasteiger partial charge in [0.15, 0.2) is 0 Å². The first-order valence-electron chi connectivity index (χ1n) is 6.91. The fourth-order valence-electron chi connectivity index (χ4n) is 2.36. The van der Waals surface area contributed by atoms with E-state index in [1.807, 2.05) is 35.2 Å². The van der Waals surface area contributed by atoms with E-state index in [2.05, 4.69) is 0 Å². The minimum absolute atomic E-state index is 0.104. The molecule has 1 heterocycles. The van der Waals surface area contributed by atoms with Crippen LogP contribution in [0.3, 0.4) is 0 Å². The zero-order valence-corrected chi connectivity index (χ0v) is 11.5. The van der Waals surface area contributed by atoms with Gasteiger partial charge in [-0.05, 0) is 25.0 Å². The van der Waals surface area contributed by atoms with Gasteiger partial charge in [-0.2, -0.15) is 0 Å². The van der Waals surface area contributed by atoms with Crippen molar-refractivity contribution >= 4 is 12.0 Å². The summed E-state index contributed by atoms with van der Waals surface area (Å²) in [6, 6.07) is 7.71. The number of benzene rings is 1. The molecule has 3 nitrogen and oxygen atoms in total. The van der Waals surface area contributed by atoms with Crippen LogP contribution < -0.4 is 4.74 Å².